The zero-order valence-corrected chi connectivity index (χ0v) is 19.3. The average molecular weight is 439 g/mol. The van der Waals surface area contributed by atoms with E-state index in [4.69, 9.17) is 9.47 Å². The Morgan fingerprint density at radius 3 is 2.34 bits per heavy atom. The highest BCUT2D eigenvalue weighted by atomic mass is 16.5. The molecule has 1 unspecified atom stereocenters. The summed E-state index contributed by atoms with van der Waals surface area (Å²) in [7, 11) is 2.85. The van der Waals surface area contributed by atoms with Gasteiger partial charge in [0, 0.05) is 23.2 Å². The van der Waals surface area contributed by atoms with Gasteiger partial charge < -0.3 is 19.7 Å². The molecule has 2 amide bonds. The predicted molar refractivity (Wildman–Crippen MR) is 121 cm³/mol. The average Bonchev–Trinajstić information content (AvgIpc) is 2.77. The molecule has 0 saturated carbocycles. The summed E-state index contributed by atoms with van der Waals surface area (Å²) in [5.41, 5.74) is 2.27. The molecule has 32 heavy (non-hydrogen) atoms. The van der Waals surface area contributed by atoms with Crippen LogP contribution < -0.4 is 10.1 Å². The first-order valence-electron chi connectivity index (χ1n) is 10.6. The third kappa shape index (κ3) is 4.61. The summed E-state index contributed by atoms with van der Waals surface area (Å²) < 4.78 is 10.2. The van der Waals surface area contributed by atoms with Crippen molar-refractivity contribution in [3.8, 4) is 5.75 Å². The maximum absolute atomic E-state index is 13.8. The van der Waals surface area contributed by atoms with Gasteiger partial charge in [-0.3, -0.25) is 9.59 Å². The molecule has 1 saturated heterocycles. The number of nitrogens with zero attached hydrogens (tertiary/aromatic N) is 1. The topological polar surface area (TPSA) is 84.9 Å². The van der Waals surface area contributed by atoms with E-state index in [0.29, 0.717) is 41.8 Å². The van der Waals surface area contributed by atoms with Crippen molar-refractivity contribution in [1.82, 2.24) is 10.2 Å². The monoisotopic (exact) mass is 438 g/mol. The Morgan fingerprint density at radius 2 is 1.72 bits per heavy atom. The Morgan fingerprint density at radius 1 is 1.03 bits per heavy atom. The molecule has 1 heterocycles. The highest BCUT2D eigenvalue weighted by Gasteiger charge is 2.45. The Kier molecular flexibility index (Phi) is 6.87. The van der Waals surface area contributed by atoms with Crippen LogP contribution >= 0.6 is 0 Å². The molecule has 0 radical (unpaired) electrons. The number of ether oxygens (including phenoxy) is 2. The lowest BCUT2D eigenvalue weighted by atomic mass is 9.81. The van der Waals surface area contributed by atoms with E-state index in [9.17, 15) is 14.4 Å². The van der Waals surface area contributed by atoms with Gasteiger partial charge in [-0.25, -0.2) is 4.79 Å². The van der Waals surface area contributed by atoms with Gasteiger partial charge in [0.1, 0.15) is 11.3 Å². The summed E-state index contributed by atoms with van der Waals surface area (Å²) in [5, 5.41) is 2.99. The number of hydrogen-bond acceptors (Lipinski definition) is 5. The molecule has 2 aromatic carbocycles. The van der Waals surface area contributed by atoms with Gasteiger partial charge in [-0.2, -0.15) is 0 Å². The van der Waals surface area contributed by atoms with E-state index in [1.54, 1.807) is 32.2 Å². The number of benzene rings is 2. The van der Waals surface area contributed by atoms with Crippen molar-refractivity contribution in [1.29, 1.82) is 0 Å². The van der Waals surface area contributed by atoms with Crippen LogP contribution in [0.1, 0.15) is 50.2 Å². The number of nitrogens with one attached hydrogen (secondary N) is 1. The van der Waals surface area contributed by atoms with Gasteiger partial charge in [-0.1, -0.05) is 23.3 Å². The Balaban J connectivity index is 2.03. The summed E-state index contributed by atoms with van der Waals surface area (Å²) in [4.78, 5) is 41.0. The van der Waals surface area contributed by atoms with Crippen LogP contribution in [-0.2, 0) is 4.74 Å². The molecule has 0 aromatic heterocycles. The standard InChI is InChI=1S/C25H30N2O5/c1-16-12-17(2)14-19(13-16)22(28)25(10-7-11-27(15-25)24(30)32-5)26-23(29)20-8-6-9-21(31-4)18(20)3/h6,8-9,12-14H,7,10-11,15H2,1-5H3,(H,26,29). The molecule has 7 nitrogen and oxygen atoms in total. The first kappa shape index (κ1) is 23.3. The van der Waals surface area contributed by atoms with Crippen molar-refractivity contribution in [2.24, 2.45) is 0 Å². The molecule has 1 atom stereocenters. The fraction of sp³-hybridized carbons (Fsp3) is 0.400. The van der Waals surface area contributed by atoms with Crippen LogP contribution in [0.3, 0.4) is 0 Å². The lowest BCUT2D eigenvalue weighted by Crippen LogP contribution is -2.64. The van der Waals surface area contributed by atoms with Crippen LogP contribution in [0.2, 0.25) is 0 Å². The van der Waals surface area contributed by atoms with Crippen LogP contribution in [0.25, 0.3) is 0 Å². The molecule has 170 valence electrons. The van der Waals surface area contributed by atoms with Gasteiger partial charge in [-0.05, 0) is 57.9 Å². The van der Waals surface area contributed by atoms with Crippen molar-refractivity contribution in [3.05, 3.63) is 64.2 Å². The molecule has 1 aliphatic rings. The van der Waals surface area contributed by atoms with Crippen molar-refractivity contribution < 1.29 is 23.9 Å². The number of likely N-dealkylation sites (tertiary alicyclic amines) is 1. The Labute approximate surface area is 188 Å². The fourth-order valence-corrected chi connectivity index (χ4v) is 4.43. The molecule has 0 spiro atoms. The molecule has 1 aliphatic heterocycles. The zero-order valence-electron chi connectivity index (χ0n) is 19.3. The second-order valence-corrected chi connectivity index (χ2v) is 8.37. The molecule has 1 fully saturated rings. The van der Waals surface area contributed by atoms with Crippen LogP contribution in [-0.4, -0.2) is 55.5 Å². The zero-order chi connectivity index (χ0) is 23.5. The number of carbonyl (C=O) groups excluding carboxylic acids is 3. The maximum atomic E-state index is 13.8. The van der Waals surface area contributed by atoms with Crippen LogP contribution in [0.15, 0.2) is 36.4 Å². The van der Waals surface area contributed by atoms with E-state index in [1.165, 1.54) is 12.0 Å². The molecule has 1 N–H and O–H groups in total. The molecular weight excluding hydrogens is 408 g/mol. The molecule has 0 bridgehead atoms. The van der Waals surface area contributed by atoms with Gasteiger partial charge in [0.05, 0.1) is 20.8 Å². The highest BCUT2D eigenvalue weighted by molar-refractivity contribution is 6.08. The fourth-order valence-electron chi connectivity index (χ4n) is 4.43. The summed E-state index contributed by atoms with van der Waals surface area (Å²) in [6.45, 7) is 6.16. The summed E-state index contributed by atoms with van der Waals surface area (Å²) >= 11 is 0. The molecule has 2 aromatic rings. The number of Topliss-reactive ketones (excluding diaryl/α,β-unsaturated/α-hetero) is 1. The third-order valence-corrected chi connectivity index (χ3v) is 5.95. The third-order valence-electron chi connectivity index (χ3n) is 5.95. The number of methoxy groups -OCH3 is 2. The number of piperidine rings is 1. The molecule has 7 heteroatoms. The van der Waals surface area contributed by atoms with E-state index in [-0.39, 0.29) is 18.2 Å². The maximum Gasteiger partial charge on any atom is 0.409 e. The van der Waals surface area contributed by atoms with E-state index in [0.717, 1.165) is 11.1 Å². The van der Waals surface area contributed by atoms with Crippen molar-refractivity contribution in [2.45, 2.75) is 39.2 Å². The number of carbonyl (C=O) groups is 3. The summed E-state index contributed by atoms with van der Waals surface area (Å²) in [6.07, 6.45) is 0.457. The van der Waals surface area contributed by atoms with Crippen molar-refractivity contribution >= 4 is 17.8 Å². The number of ketones is 1. The minimum absolute atomic E-state index is 0.0419. The quantitative estimate of drug-likeness (QED) is 0.717. The summed E-state index contributed by atoms with van der Waals surface area (Å²) in [6, 6.07) is 10.8. The second kappa shape index (κ2) is 9.42. The largest absolute Gasteiger partial charge is 0.496 e. The predicted octanol–water partition coefficient (Wildman–Crippen LogP) is 3.83. The van der Waals surface area contributed by atoms with Crippen LogP contribution in [0.4, 0.5) is 4.79 Å². The van der Waals surface area contributed by atoms with Gasteiger partial charge in [-0.15, -0.1) is 0 Å². The smallest absolute Gasteiger partial charge is 0.409 e. The number of amides is 2. The number of aryl methyl sites for hydroxylation is 2. The van der Waals surface area contributed by atoms with E-state index in [1.807, 2.05) is 32.0 Å². The van der Waals surface area contributed by atoms with E-state index < -0.39 is 11.6 Å². The highest BCUT2D eigenvalue weighted by Crippen LogP contribution is 2.29. The van der Waals surface area contributed by atoms with Crippen molar-refractivity contribution in [3.63, 3.8) is 0 Å². The van der Waals surface area contributed by atoms with Crippen molar-refractivity contribution in [2.75, 3.05) is 27.3 Å². The Hall–Kier alpha value is -3.35. The van der Waals surface area contributed by atoms with Gasteiger partial charge >= 0.3 is 6.09 Å². The number of hydrogen-bond donors (Lipinski definition) is 1. The molecule has 0 aliphatic carbocycles. The van der Waals surface area contributed by atoms with Crippen LogP contribution in [0, 0.1) is 20.8 Å². The normalized spacial score (nSPS) is 18.1. The van der Waals surface area contributed by atoms with Crippen LogP contribution in [0.5, 0.6) is 5.75 Å². The van der Waals surface area contributed by atoms with E-state index >= 15 is 0 Å². The molecular formula is C25H30N2O5. The minimum Gasteiger partial charge on any atom is -0.496 e. The number of rotatable bonds is 5. The van der Waals surface area contributed by atoms with Gasteiger partial charge in [0.15, 0.2) is 5.78 Å². The van der Waals surface area contributed by atoms with E-state index in [2.05, 4.69) is 5.32 Å². The first-order valence-corrected chi connectivity index (χ1v) is 10.6. The first-order chi connectivity index (χ1) is 15.2. The lowest BCUT2D eigenvalue weighted by Gasteiger charge is -2.41. The second-order valence-electron chi connectivity index (χ2n) is 8.37. The molecule has 3 rings (SSSR count). The Bertz CT molecular complexity index is 1030. The lowest BCUT2D eigenvalue weighted by molar-refractivity contribution is 0.0571. The van der Waals surface area contributed by atoms with Gasteiger partial charge in [0.2, 0.25) is 0 Å². The summed E-state index contributed by atoms with van der Waals surface area (Å²) in [5.74, 6) is -0.00944. The van der Waals surface area contributed by atoms with Gasteiger partial charge in [0.25, 0.3) is 5.91 Å². The SMILES string of the molecule is COC(=O)N1CCCC(NC(=O)c2cccc(OC)c2C)(C(=O)c2cc(C)cc(C)c2)C1. The minimum atomic E-state index is -1.26.